The zero-order chi connectivity index (χ0) is 93.7. The Hall–Kier alpha value is -4.98. The summed E-state index contributed by atoms with van der Waals surface area (Å²) in [5, 5.41) is 314. The standard InChI is InChI=1S/C70H115N5O52/c1-15(84)71-29-41(96)51(25(11-81)110-61(29)108)119-63-31(73-17(3)86)43(98)53(27(13-83)116-63)121-68-50(105)56(39(94)28(118-68)14-109-69-58(45(100)35(90)21(7-77)114-69)126-62-30(72-16(2)85)40(95)34(89)20(6-76)111-62)124-70-59(46(101)36(91)22(8-78)115-70)127-64-32(74-18(4)87)42(97)52(26(12-82)117-64)120-65-33(75-19(5)88)54(37(92)23(9-79)112-65)122-67-49(104)55(38(93)24(10-80)113-67)123-66-48(103)44(99)47(102)57(125-66)60(106)107/h20-59,61-70,76-83,89-105,108H,6-14H2,1-5H3,(H,71,84)(H,72,85)(H,73,86)(H,74,87)(H,75,88)(H,106,107)/t20-,21-,22-,23-,24-,25-,26-,27-,28-,29-,30-,31-,32-,33-,34-,35-,36-,37+,38+,39-,40-,41-,42-,43-,44+,45+,46+,47+,48-,49-,50+,51-,52-,53-,54-,55+,56+,57+,58+,59+,61-,62+,63+,64+,65+,66-,67+,68+,69+,70-/m1/s1. The Morgan fingerprint density at radius 3 is 0.929 bits per heavy atom. The fraction of sp³-hybridized carbons (Fsp3) is 0.914. The van der Waals surface area contributed by atoms with E-state index in [1.807, 2.05) is 0 Å². The van der Waals surface area contributed by atoms with E-state index < -0.39 is 402 Å². The van der Waals surface area contributed by atoms with Crippen molar-refractivity contribution in [2.75, 3.05) is 59.5 Å². The maximum atomic E-state index is 13.3. The lowest BCUT2D eigenvalue weighted by atomic mass is 9.93. The molecular formula is C70H115N5O52. The van der Waals surface area contributed by atoms with Gasteiger partial charge in [-0.15, -0.1) is 0 Å². The fourth-order valence-corrected chi connectivity index (χ4v) is 16.3. The van der Waals surface area contributed by atoms with Crippen LogP contribution in [0.5, 0.6) is 0 Å². The van der Waals surface area contributed by atoms with Crippen LogP contribution >= 0.6 is 0 Å². The van der Waals surface area contributed by atoms with Gasteiger partial charge in [-0.1, -0.05) is 0 Å². The monoisotopic (exact) mass is 1860 g/mol. The molecule has 732 valence electrons. The average Bonchev–Trinajstić information content (AvgIpc) is 0.764. The van der Waals surface area contributed by atoms with E-state index in [-0.39, 0.29) is 0 Å². The van der Waals surface area contributed by atoms with E-state index in [2.05, 4.69) is 26.6 Å². The summed E-state index contributed by atoms with van der Waals surface area (Å²) < 4.78 is 113. The van der Waals surface area contributed by atoms with Crippen LogP contribution in [-0.2, 0) is 119 Å². The molecule has 0 radical (unpaired) electrons. The number of amides is 5. The Morgan fingerprint density at radius 1 is 0.228 bits per heavy atom. The molecule has 57 heteroatoms. The summed E-state index contributed by atoms with van der Waals surface area (Å²) >= 11 is 0. The molecule has 0 aromatic carbocycles. The Balaban J connectivity index is 0.964. The summed E-state index contributed by atoms with van der Waals surface area (Å²) in [7, 11) is 0. The van der Waals surface area contributed by atoms with Crippen LogP contribution < -0.4 is 26.6 Å². The molecule has 10 rings (SSSR count). The first-order valence-corrected chi connectivity index (χ1v) is 40.1. The molecule has 0 unspecified atom stereocenters. The number of carboxylic acids is 1. The highest BCUT2D eigenvalue weighted by atomic mass is 16.8. The number of carbonyl (C=O) groups excluding carboxylic acids is 5. The van der Waals surface area contributed by atoms with Crippen LogP contribution in [0, 0.1) is 0 Å². The molecule has 10 aliphatic heterocycles. The van der Waals surface area contributed by atoms with Crippen molar-refractivity contribution in [2.24, 2.45) is 0 Å². The Morgan fingerprint density at radius 2 is 0.504 bits per heavy atom. The minimum absolute atomic E-state index is 0.802. The molecular weight excluding hydrogens is 1740 g/mol. The summed E-state index contributed by atoms with van der Waals surface area (Å²) in [5.41, 5.74) is 0. The second-order valence-electron chi connectivity index (χ2n) is 31.7. The van der Waals surface area contributed by atoms with Crippen molar-refractivity contribution in [3.8, 4) is 0 Å². The van der Waals surface area contributed by atoms with Crippen LogP contribution in [-0.4, -0.2) is 540 Å². The van der Waals surface area contributed by atoms with Crippen molar-refractivity contribution >= 4 is 35.5 Å². The molecule has 0 bridgehead atoms. The number of ether oxygens (including phenoxy) is 19. The smallest absolute Gasteiger partial charge is 0.335 e. The van der Waals surface area contributed by atoms with Crippen molar-refractivity contribution in [3.63, 3.8) is 0 Å². The summed E-state index contributed by atoms with van der Waals surface area (Å²) in [6.45, 7) is -5.73. The van der Waals surface area contributed by atoms with Crippen LogP contribution in [0.1, 0.15) is 34.6 Å². The molecule has 57 nitrogen and oxygen atoms in total. The molecule has 5 amide bonds. The van der Waals surface area contributed by atoms with E-state index in [0.717, 1.165) is 34.6 Å². The molecule has 50 atom stereocenters. The highest BCUT2D eigenvalue weighted by Crippen LogP contribution is 2.41. The summed E-state index contributed by atoms with van der Waals surface area (Å²) in [6, 6.07) is -9.51. The van der Waals surface area contributed by atoms with Gasteiger partial charge in [0.15, 0.2) is 69.0 Å². The minimum Gasteiger partial charge on any atom is -0.479 e. The molecule has 10 heterocycles. The SMILES string of the molecule is CC(=O)N[C@@H]1[C@@H](O)[C@H](O[C@@H]2O[C@H](CO)[C@@H](O[C@@H]3O[C@H](CO[C@H]4O[C@H](CO)[C@@H](O)[C@H](O)[C@@H]4O[C@@H]4O[C@H](CO)[C@@H](O)[C@H](O)[C@H]4NC(C)=O)[C@@H](O)[C@H](O[C@H]4O[C@H](CO)[C@@H](O)[C@H](O)[C@@H]4O[C@@H]4O[C@H](CO)[C@@H](O[C@@H]5O[C@H](CO)[C@H](O)[C@H](O[C@@H]6O[C@H](CO)[C@H](O)[C@H](O[C@@H]7O[C@H](C(=O)O)[C@@H](O)[C@H](O)[C@H]7O)[C@H]6O)[C@H]5NC(C)=O)[C@H](O)[C@H]4NC(C)=O)[C@@H]3O)[C@H](O)[C@H]2NC(C)=O)[C@@H](CO)O[C@H]1O. The first-order valence-electron chi connectivity index (χ1n) is 40.1. The Kier molecular flexibility index (Phi) is 37.2. The number of carbonyl (C=O) groups is 6. The van der Waals surface area contributed by atoms with E-state index >= 15 is 0 Å². The molecule has 32 N–H and O–H groups in total. The number of aliphatic hydroxyl groups excluding tert-OH is 26. The second kappa shape index (κ2) is 45.4. The van der Waals surface area contributed by atoms with Gasteiger partial charge in [-0.05, 0) is 0 Å². The normalized spacial score (nSPS) is 48.1. The lowest BCUT2D eigenvalue weighted by Crippen LogP contribution is -2.71. The first-order chi connectivity index (χ1) is 60.0. The maximum Gasteiger partial charge on any atom is 0.335 e. The number of hydrogen-bond donors (Lipinski definition) is 32. The zero-order valence-electron chi connectivity index (χ0n) is 68.0. The maximum absolute atomic E-state index is 13.3. The third-order valence-electron chi connectivity index (χ3n) is 22.8. The third-order valence-corrected chi connectivity index (χ3v) is 22.8. The summed E-state index contributed by atoms with van der Waals surface area (Å²) in [6.07, 6.45) is -97.7. The number of aliphatic hydroxyl groups is 26. The molecule has 0 aliphatic carbocycles. The molecule has 10 fully saturated rings. The van der Waals surface area contributed by atoms with Gasteiger partial charge in [-0.3, -0.25) is 24.0 Å². The van der Waals surface area contributed by atoms with Crippen LogP contribution in [0.4, 0.5) is 0 Å². The van der Waals surface area contributed by atoms with Crippen molar-refractivity contribution in [2.45, 2.75) is 341 Å². The van der Waals surface area contributed by atoms with Gasteiger partial charge in [-0.25, -0.2) is 4.79 Å². The van der Waals surface area contributed by atoms with E-state index in [1.54, 1.807) is 0 Å². The van der Waals surface area contributed by atoms with Gasteiger partial charge >= 0.3 is 5.97 Å². The van der Waals surface area contributed by atoms with Gasteiger partial charge in [0.2, 0.25) is 29.5 Å². The summed E-state index contributed by atoms with van der Waals surface area (Å²) in [4.78, 5) is 76.2. The predicted molar refractivity (Wildman–Crippen MR) is 388 cm³/mol. The minimum atomic E-state index is -2.62. The van der Waals surface area contributed by atoms with E-state index in [9.17, 15) is 167 Å². The Bertz CT molecular complexity index is 3530. The lowest BCUT2D eigenvalue weighted by Gasteiger charge is -2.51. The number of hydrogen-bond acceptors (Lipinski definition) is 51. The first kappa shape index (κ1) is 104. The van der Waals surface area contributed by atoms with Crippen LogP contribution in [0.15, 0.2) is 0 Å². The molecule has 10 saturated heterocycles. The summed E-state index contributed by atoms with van der Waals surface area (Å²) in [5.74, 6) is -6.57. The van der Waals surface area contributed by atoms with Gasteiger partial charge in [0.25, 0.3) is 0 Å². The van der Waals surface area contributed by atoms with E-state index in [4.69, 9.17) is 90.0 Å². The number of rotatable bonds is 33. The van der Waals surface area contributed by atoms with Crippen LogP contribution in [0.2, 0.25) is 0 Å². The molecule has 0 spiro atoms. The van der Waals surface area contributed by atoms with Gasteiger partial charge in [0, 0.05) is 34.6 Å². The molecule has 0 aromatic rings. The number of aliphatic carboxylic acids is 1. The van der Waals surface area contributed by atoms with Gasteiger partial charge in [0.1, 0.15) is 238 Å². The second-order valence-corrected chi connectivity index (χ2v) is 31.7. The highest BCUT2D eigenvalue weighted by molar-refractivity contribution is 5.75. The van der Waals surface area contributed by atoms with Crippen molar-refractivity contribution < 1.29 is 257 Å². The van der Waals surface area contributed by atoms with Gasteiger partial charge in [-0.2, -0.15) is 0 Å². The molecule has 10 aliphatic rings. The van der Waals surface area contributed by atoms with Crippen molar-refractivity contribution in [3.05, 3.63) is 0 Å². The lowest BCUT2D eigenvalue weighted by molar-refractivity contribution is -0.398. The van der Waals surface area contributed by atoms with E-state index in [1.165, 1.54) is 0 Å². The fourth-order valence-electron chi connectivity index (χ4n) is 16.3. The predicted octanol–water partition coefficient (Wildman–Crippen LogP) is -22.0. The van der Waals surface area contributed by atoms with E-state index in [0.29, 0.717) is 0 Å². The molecule has 0 saturated carbocycles. The number of carboxylic acid groups (broad SMARTS) is 1. The largest absolute Gasteiger partial charge is 0.479 e. The molecule has 127 heavy (non-hydrogen) atoms. The van der Waals surface area contributed by atoms with Crippen LogP contribution in [0.25, 0.3) is 0 Å². The van der Waals surface area contributed by atoms with Crippen molar-refractivity contribution in [1.29, 1.82) is 0 Å². The molecule has 0 aromatic heterocycles. The average molecular weight is 1860 g/mol. The van der Waals surface area contributed by atoms with Gasteiger partial charge < -0.3 is 254 Å². The van der Waals surface area contributed by atoms with Crippen molar-refractivity contribution in [1.82, 2.24) is 26.6 Å². The van der Waals surface area contributed by atoms with Gasteiger partial charge in [0.05, 0.1) is 59.5 Å². The number of nitrogens with one attached hydrogen (secondary N) is 5. The topological polar surface area (TPSA) is 884 Å². The zero-order valence-corrected chi connectivity index (χ0v) is 68.0. The third kappa shape index (κ3) is 23.2. The van der Waals surface area contributed by atoms with Crippen LogP contribution in [0.3, 0.4) is 0 Å². The highest BCUT2D eigenvalue weighted by Gasteiger charge is 2.63. The Labute approximate surface area is 717 Å². The quantitative estimate of drug-likeness (QED) is 0.0290.